The molecule has 5 heteroatoms. The van der Waals surface area contributed by atoms with Crippen molar-refractivity contribution in [3.8, 4) is 0 Å². The molecule has 2 aromatic rings. The Morgan fingerprint density at radius 3 is 2.95 bits per heavy atom. The van der Waals surface area contributed by atoms with E-state index in [0.29, 0.717) is 13.1 Å². The zero-order chi connectivity index (χ0) is 14.1. The lowest BCUT2D eigenvalue weighted by molar-refractivity contribution is 0.0689. The Balaban J connectivity index is 1.87. The van der Waals surface area contributed by atoms with E-state index < -0.39 is 5.97 Å². The van der Waals surface area contributed by atoms with Gasteiger partial charge in [-0.1, -0.05) is 18.2 Å². The summed E-state index contributed by atoms with van der Waals surface area (Å²) in [5, 5.41) is 13.2. The largest absolute Gasteiger partial charge is 0.476 e. The number of hydrogen-bond donors (Lipinski definition) is 1. The molecule has 0 fully saturated rings. The Bertz CT molecular complexity index is 648. The summed E-state index contributed by atoms with van der Waals surface area (Å²) in [5.41, 5.74) is 3.66. The summed E-state index contributed by atoms with van der Waals surface area (Å²) in [7, 11) is 0. The van der Waals surface area contributed by atoms with E-state index in [-0.39, 0.29) is 5.69 Å². The van der Waals surface area contributed by atoms with Crippen molar-refractivity contribution in [2.75, 3.05) is 11.4 Å². The van der Waals surface area contributed by atoms with Gasteiger partial charge >= 0.3 is 5.97 Å². The molecular weight excluding hydrogens is 254 g/mol. The summed E-state index contributed by atoms with van der Waals surface area (Å²) < 4.78 is 1.77. The topological polar surface area (TPSA) is 58.4 Å². The van der Waals surface area contributed by atoms with Crippen molar-refractivity contribution in [1.82, 2.24) is 9.78 Å². The standard InChI is InChI=1S/C15H17N3O2/c1-2-18-12(9-13(16-18)15(19)20)10-17-8-7-11-5-3-4-6-14(11)17/h3-6,9H,2,7-8,10H2,1H3,(H,19,20). The normalized spacial score (nSPS) is 13.6. The first-order valence-electron chi connectivity index (χ1n) is 6.82. The highest BCUT2D eigenvalue weighted by atomic mass is 16.4. The Labute approximate surface area is 117 Å². The number of carbonyl (C=O) groups is 1. The number of aromatic carboxylic acids is 1. The molecule has 0 amide bonds. The molecule has 3 rings (SSSR count). The number of para-hydroxylation sites is 1. The second kappa shape index (κ2) is 5.00. The van der Waals surface area contributed by atoms with Gasteiger partial charge in [-0.2, -0.15) is 5.10 Å². The Hall–Kier alpha value is -2.30. The van der Waals surface area contributed by atoms with Crippen molar-refractivity contribution in [2.45, 2.75) is 26.4 Å². The number of hydrogen-bond acceptors (Lipinski definition) is 3. The van der Waals surface area contributed by atoms with Crippen molar-refractivity contribution in [2.24, 2.45) is 0 Å². The third kappa shape index (κ3) is 2.15. The maximum Gasteiger partial charge on any atom is 0.356 e. The van der Waals surface area contributed by atoms with Crippen LogP contribution in [0.4, 0.5) is 5.69 Å². The molecule has 0 unspecified atom stereocenters. The average molecular weight is 271 g/mol. The Morgan fingerprint density at radius 2 is 2.20 bits per heavy atom. The Kier molecular flexibility index (Phi) is 3.18. The molecule has 1 aliphatic heterocycles. The van der Waals surface area contributed by atoms with Crippen LogP contribution in [0.25, 0.3) is 0 Å². The lowest BCUT2D eigenvalue weighted by Crippen LogP contribution is -2.21. The lowest BCUT2D eigenvalue weighted by Gasteiger charge is -2.19. The van der Waals surface area contributed by atoms with E-state index in [0.717, 1.165) is 18.7 Å². The summed E-state index contributed by atoms with van der Waals surface area (Å²) >= 11 is 0. The van der Waals surface area contributed by atoms with Gasteiger partial charge in [-0.05, 0) is 31.0 Å². The van der Waals surface area contributed by atoms with Gasteiger partial charge in [0.15, 0.2) is 5.69 Å². The van der Waals surface area contributed by atoms with Crippen molar-refractivity contribution in [3.05, 3.63) is 47.3 Å². The van der Waals surface area contributed by atoms with Crippen LogP contribution in [-0.2, 0) is 19.5 Å². The number of benzene rings is 1. The van der Waals surface area contributed by atoms with Crippen LogP contribution >= 0.6 is 0 Å². The number of fused-ring (bicyclic) bond motifs is 1. The minimum absolute atomic E-state index is 0.120. The monoisotopic (exact) mass is 271 g/mol. The minimum atomic E-state index is -0.972. The first-order valence-corrected chi connectivity index (χ1v) is 6.82. The second-order valence-electron chi connectivity index (χ2n) is 4.94. The van der Waals surface area contributed by atoms with Gasteiger partial charge in [0.25, 0.3) is 0 Å². The van der Waals surface area contributed by atoms with E-state index in [1.165, 1.54) is 11.3 Å². The van der Waals surface area contributed by atoms with Gasteiger partial charge in [0.2, 0.25) is 0 Å². The summed E-state index contributed by atoms with van der Waals surface area (Å²) in [6.45, 7) is 4.32. The van der Waals surface area contributed by atoms with Crippen LogP contribution in [0.2, 0.25) is 0 Å². The van der Waals surface area contributed by atoms with E-state index in [1.54, 1.807) is 10.7 Å². The van der Waals surface area contributed by atoms with E-state index in [9.17, 15) is 4.79 Å². The molecule has 0 radical (unpaired) electrons. The zero-order valence-corrected chi connectivity index (χ0v) is 11.4. The molecule has 1 aromatic carbocycles. The third-order valence-corrected chi connectivity index (χ3v) is 3.72. The van der Waals surface area contributed by atoms with Crippen LogP contribution < -0.4 is 4.90 Å². The molecule has 104 valence electrons. The van der Waals surface area contributed by atoms with Gasteiger partial charge in [-0.25, -0.2) is 4.79 Å². The predicted octanol–water partition coefficient (Wildman–Crippen LogP) is 2.16. The summed E-state index contributed by atoms with van der Waals surface area (Å²) in [6, 6.07) is 10.0. The SMILES string of the molecule is CCn1nc(C(=O)O)cc1CN1CCc2ccccc21. The molecule has 0 saturated heterocycles. The van der Waals surface area contributed by atoms with Crippen molar-refractivity contribution in [3.63, 3.8) is 0 Å². The van der Waals surface area contributed by atoms with E-state index in [1.807, 2.05) is 13.0 Å². The molecule has 2 heterocycles. The molecule has 1 N–H and O–H groups in total. The van der Waals surface area contributed by atoms with Gasteiger partial charge in [-0.3, -0.25) is 4.68 Å². The average Bonchev–Trinajstić information content (AvgIpc) is 3.04. The molecule has 5 nitrogen and oxygen atoms in total. The minimum Gasteiger partial charge on any atom is -0.476 e. The lowest BCUT2D eigenvalue weighted by atomic mass is 10.2. The van der Waals surface area contributed by atoms with E-state index in [2.05, 4.69) is 28.2 Å². The van der Waals surface area contributed by atoms with Crippen molar-refractivity contribution >= 4 is 11.7 Å². The van der Waals surface area contributed by atoms with Gasteiger partial charge in [0.1, 0.15) is 0 Å². The van der Waals surface area contributed by atoms with Crippen LogP contribution in [-0.4, -0.2) is 27.4 Å². The molecule has 1 aromatic heterocycles. The second-order valence-corrected chi connectivity index (χ2v) is 4.94. The smallest absolute Gasteiger partial charge is 0.356 e. The molecule has 0 saturated carbocycles. The van der Waals surface area contributed by atoms with Crippen molar-refractivity contribution in [1.29, 1.82) is 0 Å². The molecule has 1 aliphatic rings. The number of carboxylic acid groups (broad SMARTS) is 1. The van der Waals surface area contributed by atoms with Crippen LogP contribution in [0.15, 0.2) is 30.3 Å². The fourth-order valence-electron chi connectivity index (χ4n) is 2.73. The van der Waals surface area contributed by atoms with Crippen LogP contribution in [0.5, 0.6) is 0 Å². The first kappa shape index (κ1) is 12.7. The van der Waals surface area contributed by atoms with E-state index >= 15 is 0 Å². The van der Waals surface area contributed by atoms with Crippen LogP contribution in [0.1, 0.15) is 28.7 Å². The van der Waals surface area contributed by atoms with E-state index in [4.69, 9.17) is 5.11 Å². The predicted molar refractivity (Wildman–Crippen MR) is 76.1 cm³/mol. The van der Waals surface area contributed by atoms with Gasteiger partial charge in [-0.15, -0.1) is 0 Å². The highest BCUT2D eigenvalue weighted by Gasteiger charge is 2.21. The fourth-order valence-corrected chi connectivity index (χ4v) is 2.73. The van der Waals surface area contributed by atoms with Gasteiger partial charge in [0.05, 0.1) is 12.2 Å². The molecule has 0 bridgehead atoms. The quantitative estimate of drug-likeness (QED) is 0.925. The summed E-state index contributed by atoms with van der Waals surface area (Å²) in [5.74, 6) is -0.972. The zero-order valence-electron chi connectivity index (χ0n) is 11.4. The maximum atomic E-state index is 11.0. The third-order valence-electron chi connectivity index (χ3n) is 3.72. The first-order chi connectivity index (χ1) is 9.69. The van der Waals surface area contributed by atoms with Crippen LogP contribution in [0.3, 0.4) is 0 Å². The Morgan fingerprint density at radius 1 is 1.40 bits per heavy atom. The number of aryl methyl sites for hydroxylation is 1. The van der Waals surface area contributed by atoms with Crippen LogP contribution in [0, 0.1) is 0 Å². The number of aromatic nitrogens is 2. The summed E-state index contributed by atoms with van der Waals surface area (Å²) in [4.78, 5) is 13.3. The number of carboxylic acids is 1. The molecule has 0 spiro atoms. The summed E-state index contributed by atoms with van der Waals surface area (Å²) in [6.07, 6.45) is 1.04. The number of anilines is 1. The molecule has 0 atom stereocenters. The number of rotatable bonds is 4. The highest BCUT2D eigenvalue weighted by Crippen LogP contribution is 2.28. The molecule has 20 heavy (non-hydrogen) atoms. The van der Waals surface area contributed by atoms with Gasteiger partial charge < -0.3 is 10.0 Å². The number of nitrogens with zero attached hydrogens (tertiary/aromatic N) is 3. The molecule has 0 aliphatic carbocycles. The highest BCUT2D eigenvalue weighted by molar-refractivity contribution is 5.85. The fraction of sp³-hybridized carbons (Fsp3) is 0.333. The van der Waals surface area contributed by atoms with Crippen molar-refractivity contribution < 1.29 is 9.90 Å². The maximum absolute atomic E-state index is 11.0. The van der Waals surface area contributed by atoms with Gasteiger partial charge in [0, 0.05) is 18.8 Å². The molecular formula is C15H17N3O2.